The number of nitrogens with zero attached hydrogens (tertiary/aromatic N) is 3. The SMILES string of the molecule is CCCC(=O)N1N=C(C(F)(F)F)/C(=C/C=C2C=CN(CC(CC)CC)C=C2)C1=O. The summed E-state index contributed by atoms with van der Waals surface area (Å²) in [6, 6.07) is 0. The third-order valence-electron chi connectivity index (χ3n) is 4.83. The van der Waals surface area contributed by atoms with Crippen LogP contribution in [0.1, 0.15) is 46.5 Å². The second kappa shape index (κ2) is 9.71. The largest absolute Gasteiger partial charge is 0.435 e. The highest BCUT2D eigenvalue weighted by atomic mass is 19.4. The predicted molar refractivity (Wildman–Crippen MR) is 105 cm³/mol. The number of hydrazone groups is 1. The van der Waals surface area contributed by atoms with Gasteiger partial charge in [-0.15, -0.1) is 0 Å². The Hall–Kier alpha value is -2.64. The zero-order valence-electron chi connectivity index (χ0n) is 16.9. The van der Waals surface area contributed by atoms with E-state index in [1.807, 2.05) is 17.3 Å². The number of carbonyl (C=O) groups is 2. The smallest absolute Gasteiger partial charge is 0.354 e. The van der Waals surface area contributed by atoms with E-state index in [-0.39, 0.29) is 6.42 Å². The van der Waals surface area contributed by atoms with Gasteiger partial charge in [-0.2, -0.15) is 23.3 Å². The van der Waals surface area contributed by atoms with Crippen molar-refractivity contribution < 1.29 is 22.8 Å². The van der Waals surface area contributed by atoms with E-state index < -0.39 is 29.3 Å². The molecular formula is C21H26F3N3O2. The molecule has 0 fully saturated rings. The molecule has 2 aliphatic rings. The van der Waals surface area contributed by atoms with Gasteiger partial charge in [0.2, 0.25) is 5.91 Å². The molecule has 0 radical (unpaired) electrons. The van der Waals surface area contributed by atoms with Gasteiger partial charge in [-0.1, -0.05) is 39.7 Å². The van der Waals surface area contributed by atoms with Gasteiger partial charge in [-0.3, -0.25) is 9.59 Å². The van der Waals surface area contributed by atoms with Gasteiger partial charge in [0.1, 0.15) is 0 Å². The highest BCUT2D eigenvalue weighted by Gasteiger charge is 2.47. The molecule has 0 bridgehead atoms. The molecule has 2 amide bonds. The van der Waals surface area contributed by atoms with Crippen LogP contribution >= 0.6 is 0 Å². The van der Waals surface area contributed by atoms with Gasteiger partial charge in [0.05, 0.1) is 5.57 Å². The van der Waals surface area contributed by atoms with E-state index in [2.05, 4.69) is 18.9 Å². The molecule has 0 aromatic heterocycles. The van der Waals surface area contributed by atoms with Gasteiger partial charge < -0.3 is 4.90 Å². The molecule has 8 heteroatoms. The predicted octanol–water partition coefficient (Wildman–Crippen LogP) is 4.71. The summed E-state index contributed by atoms with van der Waals surface area (Å²) < 4.78 is 39.9. The van der Waals surface area contributed by atoms with Crippen molar-refractivity contribution in [2.75, 3.05) is 6.54 Å². The van der Waals surface area contributed by atoms with Crippen molar-refractivity contribution in [3.05, 3.63) is 47.9 Å². The van der Waals surface area contributed by atoms with Crippen LogP contribution in [0.4, 0.5) is 13.2 Å². The van der Waals surface area contributed by atoms with Gasteiger partial charge in [-0.25, -0.2) is 0 Å². The molecular weight excluding hydrogens is 383 g/mol. The molecule has 29 heavy (non-hydrogen) atoms. The molecule has 0 saturated heterocycles. The van der Waals surface area contributed by atoms with Crippen molar-refractivity contribution >= 4 is 17.5 Å². The summed E-state index contributed by atoms with van der Waals surface area (Å²) in [4.78, 5) is 26.3. The lowest BCUT2D eigenvalue weighted by atomic mass is 10.0. The zero-order valence-corrected chi connectivity index (χ0v) is 16.9. The standard InChI is InChI=1S/C21H26F3N3O2/c1-4-7-18(28)27-20(29)17(19(25-27)21(22,23)24)9-8-16-10-12-26(13-11-16)14-15(5-2)6-3/h8-13,15H,4-7,14H2,1-3H3/b17-9-. The van der Waals surface area contributed by atoms with Crippen LogP contribution in [0.2, 0.25) is 0 Å². The summed E-state index contributed by atoms with van der Waals surface area (Å²) in [6.07, 6.45) is 7.41. The minimum absolute atomic E-state index is 0.0490. The third-order valence-corrected chi connectivity index (χ3v) is 4.83. The number of imide groups is 1. The van der Waals surface area contributed by atoms with Crippen LogP contribution in [0, 0.1) is 5.92 Å². The molecule has 2 aliphatic heterocycles. The molecule has 2 rings (SSSR count). The molecule has 0 N–H and O–H groups in total. The maximum absolute atomic E-state index is 13.3. The van der Waals surface area contributed by atoms with E-state index >= 15 is 0 Å². The number of hydrogen-bond acceptors (Lipinski definition) is 4. The zero-order chi connectivity index (χ0) is 21.6. The van der Waals surface area contributed by atoms with E-state index in [1.165, 1.54) is 6.08 Å². The highest BCUT2D eigenvalue weighted by Crippen LogP contribution is 2.29. The van der Waals surface area contributed by atoms with Gasteiger partial charge in [0, 0.05) is 25.4 Å². The van der Waals surface area contributed by atoms with E-state index in [9.17, 15) is 22.8 Å². The first-order valence-corrected chi connectivity index (χ1v) is 9.78. The fourth-order valence-electron chi connectivity index (χ4n) is 2.99. The first kappa shape index (κ1) is 22.6. The topological polar surface area (TPSA) is 53.0 Å². The minimum atomic E-state index is -4.83. The van der Waals surface area contributed by atoms with Crippen LogP contribution in [-0.4, -0.2) is 40.2 Å². The van der Waals surface area contributed by atoms with Gasteiger partial charge in [-0.05, 0) is 36.1 Å². The molecule has 0 unspecified atom stereocenters. The second-order valence-electron chi connectivity index (χ2n) is 6.96. The Kier molecular flexibility index (Phi) is 7.59. The van der Waals surface area contributed by atoms with Crippen LogP contribution in [0.15, 0.2) is 53.0 Å². The van der Waals surface area contributed by atoms with Crippen LogP contribution in [0.25, 0.3) is 0 Å². The number of amides is 2. The molecule has 2 heterocycles. The van der Waals surface area contributed by atoms with E-state index in [0.717, 1.165) is 25.5 Å². The van der Waals surface area contributed by atoms with Gasteiger partial charge >= 0.3 is 6.18 Å². The molecule has 0 aromatic rings. The minimum Gasteiger partial charge on any atom is -0.354 e. The Balaban J connectivity index is 2.20. The Bertz CT molecular complexity index is 771. The van der Waals surface area contributed by atoms with E-state index in [1.54, 1.807) is 19.1 Å². The lowest BCUT2D eigenvalue weighted by Gasteiger charge is -2.23. The van der Waals surface area contributed by atoms with Crippen molar-refractivity contribution in [1.82, 2.24) is 9.91 Å². The van der Waals surface area contributed by atoms with Crippen LogP contribution < -0.4 is 0 Å². The molecule has 0 saturated carbocycles. The summed E-state index contributed by atoms with van der Waals surface area (Å²) in [5, 5.41) is 3.57. The molecule has 0 atom stereocenters. The maximum atomic E-state index is 13.3. The Labute approximate surface area is 168 Å². The summed E-state index contributed by atoms with van der Waals surface area (Å²) in [5.41, 5.74) is -1.33. The van der Waals surface area contributed by atoms with Crippen LogP contribution in [0.5, 0.6) is 0 Å². The molecule has 5 nitrogen and oxygen atoms in total. The van der Waals surface area contributed by atoms with Crippen molar-refractivity contribution in [3.63, 3.8) is 0 Å². The normalized spacial score (nSPS) is 18.3. The lowest BCUT2D eigenvalue weighted by molar-refractivity contribution is -0.141. The van der Waals surface area contributed by atoms with Crippen molar-refractivity contribution in [2.24, 2.45) is 11.0 Å². The molecule has 158 valence electrons. The average Bonchev–Trinajstić information content (AvgIpc) is 3.02. The summed E-state index contributed by atoms with van der Waals surface area (Å²) in [7, 11) is 0. The third kappa shape index (κ3) is 5.68. The number of alkyl halides is 3. The second-order valence-corrected chi connectivity index (χ2v) is 6.96. The summed E-state index contributed by atoms with van der Waals surface area (Å²) in [5.74, 6) is -1.23. The molecule has 0 aliphatic carbocycles. The van der Waals surface area contributed by atoms with Crippen molar-refractivity contribution in [2.45, 2.75) is 52.6 Å². The van der Waals surface area contributed by atoms with Gasteiger partial charge in [0.25, 0.3) is 5.91 Å². The number of halogens is 3. The fraction of sp³-hybridized carbons (Fsp3) is 0.476. The van der Waals surface area contributed by atoms with Gasteiger partial charge in [0.15, 0.2) is 5.71 Å². The lowest BCUT2D eigenvalue weighted by Crippen LogP contribution is -2.29. The maximum Gasteiger partial charge on any atom is 0.435 e. The summed E-state index contributed by atoms with van der Waals surface area (Å²) >= 11 is 0. The van der Waals surface area contributed by atoms with E-state index in [0.29, 0.717) is 22.9 Å². The monoisotopic (exact) mass is 409 g/mol. The number of rotatable bonds is 7. The number of carbonyl (C=O) groups excluding carboxylic acids is 2. The fourth-order valence-corrected chi connectivity index (χ4v) is 2.99. The molecule has 0 aromatic carbocycles. The Morgan fingerprint density at radius 1 is 1.14 bits per heavy atom. The quantitative estimate of drug-likeness (QED) is 0.573. The van der Waals surface area contributed by atoms with Crippen LogP contribution in [0.3, 0.4) is 0 Å². The summed E-state index contributed by atoms with van der Waals surface area (Å²) in [6.45, 7) is 6.83. The average molecular weight is 409 g/mol. The highest BCUT2D eigenvalue weighted by molar-refractivity contribution is 6.29. The number of allylic oxidation sites excluding steroid dienone is 5. The Morgan fingerprint density at radius 3 is 2.28 bits per heavy atom. The Morgan fingerprint density at radius 2 is 1.76 bits per heavy atom. The van der Waals surface area contributed by atoms with Crippen molar-refractivity contribution in [3.8, 4) is 0 Å². The van der Waals surface area contributed by atoms with E-state index in [4.69, 9.17) is 0 Å². The van der Waals surface area contributed by atoms with Crippen LogP contribution in [-0.2, 0) is 9.59 Å². The van der Waals surface area contributed by atoms with Crippen molar-refractivity contribution in [1.29, 1.82) is 0 Å². The first-order valence-electron chi connectivity index (χ1n) is 9.78. The first-order chi connectivity index (χ1) is 13.7. The number of hydrogen-bond donors (Lipinski definition) is 0. The molecule has 0 spiro atoms.